The Balaban J connectivity index is 1.26. The Morgan fingerprint density at radius 3 is 2.97 bits per heavy atom. The zero-order chi connectivity index (χ0) is 21.5. The maximum Gasteiger partial charge on any atom is 0.184 e. The molecule has 32 heavy (non-hydrogen) atoms. The fourth-order valence-electron chi connectivity index (χ4n) is 4.50. The second kappa shape index (κ2) is 8.03. The van der Waals surface area contributed by atoms with Crippen LogP contribution in [0.5, 0.6) is 0 Å². The molecule has 0 aliphatic heterocycles. The van der Waals surface area contributed by atoms with Crippen LogP contribution in [-0.2, 0) is 6.42 Å². The minimum absolute atomic E-state index is 0.103. The van der Waals surface area contributed by atoms with E-state index in [9.17, 15) is 5.11 Å². The van der Waals surface area contributed by atoms with E-state index in [1.54, 1.807) is 17.5 Å². The van der Waals surface area contributed by atoms with Crippen LogP contribution in [0.25, 0.3) is 21.6 Å². The average molecular weight is 445 g/mol. The Morgan fingerprint density at radius 1 is 1.16 bits per heavy atom. The molecule has 1 aromatic carbocycles. The van der Waals surface area contributed by atoms with Gasteiger partial charge in [0.1, 0.15) is 5.65 Å². The minimum atomic E-state index is -0.284. The lowest BCUT2D eigenvalue weighted by Crippen LogP contribution is -2.36. The highest BCUT2D eigenvalue weighted by molar-refractivity contribution is 7.22. The van der Waals surface area contributed by atoms with Crippen LogP contribution in [0, 0.1) is 0 Å². The molecule has 0 saturated heterocycles. The molecule has 2 atom stereocenters. The molecule has 1 saturated carbocycles. The van der Waals surface area contributed by atoms with Crippen LogP contribution < -0.4 is 5.32 Å². The molecular weight excluding hydrogens is 420 g/mol. The monoisotopic (exact) mass is 444 g/mol. The molecule has 162 valence electrons. The summed E-state index contributed by atoms with van der Waals surface area (Å²) in [7, 11) is 0. The van der Waals surface area contributed by atoms with Crippen molar-refractivity contribution in [1.82, 2.24) is 24.1 Å². The number of nitrogens with zero attached hydrogens (tertiary/aromatic N) is 5. The maximum atomic E-state index is 10.3. The van der Waals surface area contributed by atoms with Crippen molar-refractivity contribution in [2.45, 2.75) is 44.2 Å². The second-order valence-corrected chi connectivity index (χ2v) is 9.45. The van der Waals surface area contributed by atoms with Crippen molar-refractivity contribution in [2.24, 2.45) is 0 Å². The number of aliphatic hydroxyl groups excluding tert-OH is 1. The number of pyridine rings is 1. The summed E-state index contributed by atoms with van der Waals surface area (Å²) in [4.78, 5) is 9.30. The van der Waals surface area contributed by atoms with E-state index < -0.39 is 0 Å². The lowest BCUT2D eigenvalue weighted by atomic mass is 9.93. The van der Waals surface area contributed by atoms with Crippen molar-refractivity contribution in [1.29, 1.82) is 0 Å². The molecule has 0 unspecified atom stereocenters. The van der Waals surface area contributed by atoms with E-state index in [0.29, 0.717) is 0 Å². The number of benzene rings is 1. The summed E-state index contributed by atoms with van der Waals surface area (Å²) in [5.41, 5.74) is 5.26. The molecule has 7 nitrogen and oxygen atoms in total. The number of rotatable bonds is 5. The van der Waals surface area contributed by atoms with Crippen molar-refractivity contribution in [3.05, 3.63) is 72.4 Å². The Bertz CT molecular complexity index is 1370. The van der Waals surface area contributed by atoms with Gasteiger partial charge in [-0.15, -0.1) is 0 Å². The summed E-state index contributed by atoms with van der Waals surface area (Å²) in [6.07, 6.45) is 12.4. The van der Waals surface area contributed by atoms with Gasteiger partial charge in [0.2, 0.25) is 0 Å². The lowest BCUT2D eigenvalue weighted by Gasteiger charge is -2.27. The van der Waals surface area contributed by atoms with Gasteiger partial charge in [0, 0.05) is 36.9 Å². The molecule has 1 aliphatic carbocycles. The van der Waals surface area contributed by atoms with Crippen LogP contribution in [0.1, 0.15) is 36.9 Å². The summed E-state index contributed by atoms with van der Waals surface area (Å²) in [6, 6.07) is 12.5. The van der Waals surface area contributed by atoms with Crippen molar-refractivity contribution in [3.63, 3.8) is 0 Å². The van der Waals surface area contributed by atoms with Gasteiger partial charge in [0.05, 0.1) is 28.0 Å². The average Bonchev–Trinajstić information content (AvgIpc) is 3.55. The molecule has 0 radical (unpaired) electrons. The fourth-order valence-corrected chi connectivity index (χ4v) is 5.49. The van der Waals surface area contributed by atoms with Crippen molar-refractivity contribution >= 4 is 32.3 Å². The summed E-state index contributed by atoms with van der Waals surface area (Å²) in [6.45, 7) is 0. The topological polar surface area (TPSA) is 80.3 Å². The van der Waals surface area contributed by atoms with Gasteiger partial charge in [0.25, 0.3) is 0 Å². The van der Waals surface area contributed by atoms with E-state index in [4.69, 9.17) is 4.98 Å². The first-order valence-electron chi connectivity index (χ1n) is 11.0. The quantitative estimate of drug-likeness (QED) is 0.419. The number of fused-ring (bicyclic) bond motifs is 2. The predicted octanol–water partition coefficient (Wildman–Crippen LogP) is 4.44. The fraction of sp³-hybridized carbons (Fsp3) is 0.292. The number of aliphatic hydroxyl groups is 1. The highest BCUT2D eigenvalue weighted by atomic mass is 32.1. The second-order valence-electron chi connectivity index (χ2n) is 8.42. The van der Waals surface area contributed by atoms with Crippen LogP contribution in [0.2, 0.25) is 0 Å². The van der Waals surface area contributed by atoms with Gasteiger partial charge >= 0.3 is 0 Å². The van der Waals surface area contributed by atoms with Gasteiger partial charge in [-0.1, -0.05) is 30.2 Å². The Hall–Kier alpha value is -3.23. The number of hydrogen-bond acceptors (Lipinski definition) is 6. The zero-order valence-electron chi connectivity index (χ0n) is 17.6. The van der Waals surface area contributed by atoms with Gasteiger partial charge in [-0.05, 0) is 48.7 Å². The van der Waals surface area contributed by atoms with Crippen molar-refractivity contribution < 1.29 is 5.11 Å². The summed E-state index contributed by atoms with van der Waals surface area (Å²) >= 11 is 1.66. The zero-order valence-corrected chi connectivity index (χ0v) is 18.4. The standard InChI is InChI=1S/C24H24N6OS/c31-21-5-2-1-4-19(21)27-24-28-20-8-6-16(13-22(20)32-24)12-18-14-25-23-9-7-17(15-29(18)23)30-11-3-10-26-30/h3,6-11,13-15,19,21,31H,1-2,4-5,12H2,(H,27,28)/t19-,21-/m1/s1. The molecule has 0 amide bonds. The first-order valence-corrected chi connectivity index (χ1v) is 11.8. The maximum absolute atomic E-state index is 10.3. The Kier molecular flexibility index (Phi) is 4.88. The molecule has 4 aromatic heterocycles. The predicted molar refractivity (Wildman–Crippen MR) is 127 cm³/mol. The van der Waals surface area contributed by atoms with Crippen molar-refractivity contribution in [2.75, 3.05) is 5.32 Å². The van der Waals surface area contributed by atoms with E-state index in [2.05, 4.69) is 44.2 Å². The normalized spacial score (nSPS) is 19.0. The van der Waals surface area contributed by atoms with Crippen LogP contribution >= 0.6 is 11.3 Å². The van der Waals surface area contributed by atoms with Gasteiger partial charge in [-0.25, -0.2) is 14.6 Å². The molecule has 0 spiro atoms. The third-order valence-corrected chi connectivity index (χ3v) is 7.16. The Morgan fingerprint density at radius 2 is 2.09 bits per heavy atom. The van der Waals surface area contributed by atoms with Crippen LogP contribution in [0.15, 0.2) is 61.2 Å². The van der Waals surface area contributed by atoms with E-state index in [1.165, 1.54) is 5.56 Å². The first kappa shape index (κ1) is 19.5. The third-order valence-electron chi connectivity index (χ3n) is 6.21. The Labute approximate surface area is 189 Å². The smallest absolute Gasteiger partial charge is 0.184 e. The minimum Gasteiger partial charge on any atom is -0.391 e. The number of aromatic nitrogens is 5. The highest BCUT2D eigenvalue weighted by Gasteiger charge is 2.23. The summed E-state index contributed by atoms with van der Waals surface area (Å²) in [5.74, 6) is 0. The highest BCUT2D eigenvalue weighted by Crippen LogP contribution is 2.30. The van der Waals surface area contributed by atoms with Crippen LogP contribution in [0.4, 0.5) is 5.13 Å². The lowest BCUT2D eigenvalue weighted by molar-refractivity contribution is 0.116. The molecule has 6 rings (SSSR count). The van der Waals surface area contributed by atoms with E-state index in [0.717, 1.165) is 64.5 Å². The van der Waals surface area contributed by atoms with Crippen LogP contribution in [0.3, 0.4) is 0 Å². The molecule has 1 fully saturated rings. The number of nitrogens with one attached hydrogen (secondary N) is 1. The number of anilines is 1. The van der Waals surface area contributed by atoms with Gasteiger partial charge in [-0.2, -0.15) is 5.10 Å². The van der Waals surface area contributed by atoms with E-state index in [-0.39, 0.29) is 12.1 Å². The molecular formula is C24H24N6OS. The molecule has 5 aromatic rings. The van der Waals surface area contributed by atoms with E-state index in [1.807, 2.05) is 35.3 Å². The molecule has 2 N–H and O–H groups in total. The molecule has 0 bridgehead atoms. The SMILES string of the molecule is O[C@@H]1CCCC[C@H]1Nc1nc2ccc(Cc3cnc4ccc(-n5cccn5)cn34)cc2s1. The molecule has 1 aliphatic rings. The van der Waals surface area contributed by atoms with Crippen LogP contribution in [-0.4, -0.2) is 41.4 Å². The summed E-state index contributed by atoms with van der Waals surface area (Å²) in [5, 5.41) is 18.9. The first-order chi connectivity index (χ1) is 15.7. The number of hydrogen-bond donors (Lipinski definition) is 2. The van der Waals surface area contributed by atoms with Gasteiger partial charge in [-0.3, -0.25) is 0 Å². The molecule has 4 heterocycles. The van der Waals surface area contributed by atoms with Gasteiger partial charge in [0.15, 0.2) is 5.13 Å². The third kappa shape index (κ3) is 3.65. The molecule has 8 heteroatoms. The number of imidazole rings is 1. The van der Waals surface area contributed by atoms with Gasteiger partial charge < -0.3 is 14.8 Å². The van der Waals surface area contributed by atoms with Crippen molar-refractivity contribution in [3.8, 4) is 5.69 Å². The van der Waals surface area contributed by atoms with E-state index >= 15 is 0 Å². The largest absolute Gasteiger partial charge is 0.391 e. The number of thiazole rings is 1. The summed E-state index contributed by atoms with van der Waals surface area (Å²) < 4.78 is 5.14.